The molecule has 1 aromatic heterocycles. The van der Waals surface area contributed by atoms with E-state index < -0.39 is 5.97 Å². The number of benzene rings is 2. The first-order valence-electron chi connectivity index (χ1n) is 7.63. The number of nitrogens with zero attached hydrogens (tertiary/aromatic N) is 2. The molecule has 2 aromatic carbocycles. The zero-order valence-electron chi connectivity index (χ0n) is 13.5. The van der Waals surface area contributed by atoms with E-state index in [2.05, 4.69) is 4.98 Å². The van der Waals surface area contributed by atoms with Gasteiger partial charge in [-0.2, -0.15) is 5.26 Å². The van der Waals surface area contributed by atoms with Gasteiger partial charge in [0.1, 0.15) is 29.8 Å². The predicted octanol–water partition coefficient (Wildman–Crippen LogP) is 4.09. The highest BCUT2D eigenvalue weighted by Gasteiger charge is 2.09. The maximum atomic E-state index is 12.8. The number of rotatable bonds is 6. The van der Waals surface area contributed by atoms with Crippen molar-refractivity contribution in [1.29, 1.82) is 5.26 Å². The average Bonchev–Trinajstić information content (AvgIpc) is 3.13. The van der Waals surface area contributed by atoms with Crippen LogP contribution < -0.4 is 4.74 Å². The first kappa shape index (κ1) is 17.6. The summed E-state index contributed by atoms with van der Waals surface area (Å²) < 4.78 is 23.6. The van der Waals surface area contributed by atoms with Crippen molar-refractivity contribution >= 4 is 17.3 Å². The van der Waals surface area contributed by atoms with Gasteiger partial charge in [0, 0.05) is 5.38 Å². The molecule has 5 nitrogen and oxygen atoms in total. The standard InChI is InChI=1S/C19H13FN2O3S/c20-15-5-7-17(8-6-15)24-11-18-22-16(12-26-18)10-25-19(23)14-3-1-13(9-21)2-4-14/h1-8,12H,10-11H2. The molecule has 0 aliphatic carbocycles. The number of hydrogen-bond acceptors (Lipinski definition) is 6. The molecule has 0 saturated carbocycles. The molecule has 0 amide bonds. The third-order valence-corrected chi connectivity index (χ3v) is 4.25. The van der Waals surface area contributed by atoms with Gasteiger partial charge in [-0.3, -0.25) is 0 Å². The quantitative estimate of drug-likeness (QED) is 0.613. The molecule has 0 aliphatic heterocycles. The molecule has 3 aromatic rings. The summed E-state index contributed by atoms with van der Waals surface area (Å²) in [6.07, 6.45) is 0. The minimum atomic E-state index is -0.480. The van der Waals surface area contributed by atoms with Crippen molar-refractivity contribution in [2.45, 2.75) is 13.2 Å². The number of halogens is 1. The average molecular weight is 368 g/mol. The number of aromatic nitrogens is 1. The number of thiazole rings is 1. The van der Waals surface area contributed by atoms with Crippen molar-refractivity contribution in [2.75, 3.05) is 0 Å². The van der Waals surface area contributed by atoms with Crippen LogP contribution >= 0.6 is 11.3 Å². The molecule has 130 valence electrons. The SMILES string of the molecule is N#Cc1ccc(C(=O)OCc2csc(COc3ccc(F)cc3)n2)cc1. The summed E-state index contributed by atoms with van der Waals surface area (Å²) in [6, 6.07) is 13.9. The summed E-state index contributed by atoms with van der Waals surface area (Å²) in [7, 11) is 0. The fourth-order valence-electron chi connectivity index (χ4n) is 2.06. The number of hydrogen-bond donors (Lipinski definition) is 0. The smallest absolute Gasteiger partial charge is 0.338 e. The Bertz CT molecular complexity index is 931. The Labute approximate surface area is 153 Å². The second kappa shape index (κ2) is 8.23. The lowest BCUT2D eigenvalue weighted by molar-refractivity contribution is 0.0468. The molecule has 0 unspecified atom stereocenters. The number of carbonyl (C=O) groups is 1. The van der Waals surface area contributed by atoms with Gasteiger partial charge in [0.25, 0.3) is 0 Å². The molecule has 1 heterocycles. The van der Waals surface area contributed by atoms with Crippen LogP contribution in [0.4, 0.5) is 4.39 Å². The van der Waals surface area contributed by atoms with Crippen LogP contribution in [-0.4, -0.2) is 11.0 Å². The lowest BCUT2D eigenvalue weighted by Crippen LogP contribution is -2.05. The monoisotopic (exact) mass is 368 g/mol. The Morgan fingerprint density at radius 1 is 1.12 bits per heavy atom. The summed E-state index contributed by atoms with van der Waals surface area (Å²) in [4.78, 5) is 16.3. The van der Waals surface area contributed by atoms with Crippen molar-refractivity contribution in [3.8, 4) is 11.8 Å². The topological polar surface area (TPSA) is 72.2 Å². The molecule has 0 fully saturated rings. The lowest BCUT2D eigenvalue weighted by atomic mass is 10.1. The Morgan fingerprint density at radius 2 is 1.85 bits per heavy atom. The van der Waals surface area contributed by atoms with Gasteiger partial charge in [0.05, 0.1) is 22.9 Å². The van der Waals surface area contributed by atoms with Crippen molar-refractivity contribution in [3.05, 3.63) is 81.6 Å². The minimum Gasteiger partial charge on any atom is -0.486 e. The van der Waals surface area contributed by atoms with E-state index >= 15 is 0 Å². The molecule has 0 aliphatic rings. The predicted molar refractivity (Wildman–Crippen MR) is 93.1 cm³/mol. The van der Waals surface area contributed by atoms with Gasteiger partial charge < -0.3 is 9.47 Å². The van der Waals surface area contributed by atoms with Gasteiger partial charge in [0.15, 0.2) is 0 Å². The Hall–Kier alpha value is -3.24. The van der Waals surface area contributed by atoms with Crippen LogP contribution in [-0.2, 0) is 18.0 Å². The van der Waals surface area contributed by atoms with E-state index in [0.29, 0.717) is 22.6 Å². The zero-order valence-corrected chi connectivity index (χ0v) is 14.3. The lowest BCUT2D eigenvalue weighted by Gasteiger charge is -2.04. The zero-order chi connectivity index (χ0) is 18.4. The molecular weight excluding hydrogens is 355 g/mol. The highest BCUT2D eigenvalue weighted by molar-refractivity contribution is 7.09. The molecule has 26 heavy (non-hydrogen) atoms. The van der Waals surface area contributed by atoms with E-state index in [4.69, 9.17) is 14.7 Å². The van der Waals surface area contributed by atoms with E-state index in [1.807, 2.05) is 6.07 Å². The Balaban J connectivity index is 1.50. The number of esters is 1. The summed E-state index contributed by atoms with van der Waals surface area (Å²) in [5.74, 6) is -0.250. The van der Waals surface area contributed by atoms with Crippen LogP contribution in [0.15, 0.2) is 53.9 Å². The van der Waals surface area contributed by atoms with Crippen LogP contribution in [0.3, 0.4) is 0 Å². The highest BCUT2D eigenvalue weighted by Crippen LogP contribution is 2.17. The molecule has 0 saturated heterocycles. The van der Waals surface area contributed by atoms with E-state index in [9.17, 15) is 9.18 Å². The van der Waals surface area contributed by atoms with Crippen LogP contribution in [0.1, 0.15) is 26.6 Å². The maximum absolute atomic E-state index is 12.8. The van der Waals surface area contributed by atoms with Crippen molar-refractivity contribution in [1.82, 2.24) is 4.98 Å². The van der Waals surface area contributed by atoms with Crippen LogP contribution in [0.2, 0.25) is 0 Å². The Kier molecular flexibility index (Phi) is 5.56. The summed E-state index contributed by atoms with van der Waals surface area (Å²) in [6.45, 7) is 0.297. The number of nitriles is 1. The molecule has 3 rings (SSSR count). The molecular formula is C19H13FN2O3S. The van der Waals surface area contributed by atoms with Gasteiger partial charge in [-0.05, 0) is 48.5 Å². The van der Waals surface area contributed by atoms with E-state index in [1.54, 1.807) is 41.8 Å². The van der Waals surface area contributed by atoms with Gasteiger partial charge in [0.2, 0.25) is 0 Å². The molecule has 7 heteroatoms. The second-order valence-electron chi connectivity index (χ2n) is 5.24. The fraction of sp³-hybridized carbons (Fsp3) is 0.105. The van der Waals surface area contributed by atoms with Gasteiger partial charge in [-0.25, -0.2) is 14.2 Å². The number of ether oxygens (including phenoxy) is 2. The largest absolute Gasteiger partial charge is 0.486 e. The summed E-state index contributed by atoms with van der Waals surface area (Å²) in [5, 5.41) is 11.3. The third-order valence-electron chi connectivity index (χ3n) is 3.38. The third kappa shape index (κ3) is 4.65. The summed E-state index contributed by atoms with van der Waals surface area (Å²) in [5.41, 5.74) is 1.47. The first-order chi connectivity index (χ1) is 12.6. The van der Waals surface area contributed by atoms with Crippen LogP contribution in [0.5, 0.6) is 5.75 Å². The molecule has 0 spiro atoms. The van der Waals surface area contributed by atoms with Gasteiger partial charge >= 0.3 is 5.97 Å². The van der Waals surface area contributed by atoms with Gasteiger partial charge in [-0.1, -0.05) is 0 Å². The summed E-state index contributed by atoms with van der Waals surface area (Å²) >= 11 is 1.39. The normalized spacial score (nSPS) is 10.2. The second-order valence-corrected chi connectivity index (χ2v) is 6.18. The van der Waals surface area contributed by atoms with E-state index in [-0.39, 0.29) is 19.0 Å². The van der Waals surface area contributed by atoms with Crippen LogP contribution in [0.25, 0.3) is 0 Å². The van der Waals surface area contributed by atoms with Crippen LogP contribution in [0, 0.1) is 17.1 Å². The molecule has 0 atom stereocenters. The van der Waals surface area contributed by atoms with Crippen molar-refractivity contribution in [2.24, 2.45) is 0 Å². The number of carbonyl (C=O) groups excluding carboxylic acids is 1. The maximum Gasteiger partial charge on any atom is 0.338 e. The van der Waals surface area contributed by atoms with Crippen molar-refractivity contribution in [3.63, 3.8) is 0 Å². The molecule has 0 bridgehead atoms. The van der Waals surface area contributed by atoms with E-state index in [0.717, 1.165) is 5.01 Å². The van der Waals surface area contributed by atoms with Crippen molar-refractivity contribution < 1.29 is 18.7 Å². The fourth-order valence-corrected chi connectivity index (χ4v) is 2.75. The van der Waals surface area contributed by atoms with Gasteiger partial charge in [-0.15, -0.1) is 11.3 Å². The van der Waals surface area contributed by atoms with E-state index in [1.165, 1.54) is 23.5 Å². The highest BCUT2D eigenvalue weighted by atomic mass is 32.1. The minimum absolute atomic E-state index is 0.0475. The first-order valence-corrected chi connectivity index (χ1v) is 8.51. The molecule has 0 N–H and O–H groups in total. The Morgan fingerprint density at radius 3 is 2.54 bits per heavy atom. The molecule has 0 radical (unpaired) electrons.